The van der Waals surface area contributed by atoms with Crippen molar-refractivity contribution < 1.29 is 27.1 Å². The molecule has 0 atom stereocenters. The first-order valence-corrected chi connectivity index (χ1v) is 11.7. The molecular formula is C27H24F4N6O2. The summed E-state index contributed by atoms with van der Waals surface area (Å²) < 4.78 is 56.1. The largest absolute Gasteiger partial charge is 0.454 e. The van der Waals surface area contributed by atoms with Crippen molar-refractivity contribution in [1.82, 2.24) is 15.0 Å². The van der Waals surface area contributed by atoms with Crippen molar-refractivity contribution in [2.45, 2.75) is 12.7 Å². The predicted octanol–water partition coefficient (Wildman–Crippen LogP) is 5.55. The van der Waals surface area contributed by atoms with Crippen LogP contribution in [-0.2, 0) is 6.54 Å². The van der Waals surface area contributed by atoms with Gasteiger partial charge in [-0.1, -0.05) is 24.3 Å². The number of hydrogen-bond acceptors (Lipinski definition) is 7. The lowest BCUT2D eigenvalue weighted by atomic mass is 10.1. The van der Waals surface area contributed by atoms with Crippen LogP contribution in [0.2, 0.25) is 0 Å². The lowest BCUT2D eigenvalue weighted by Gasteiger charge is -2.13. The van der Waals surface area contributed by atoms with Gasteiger partial charge in [-0.2, -0.15) is 28.1 Å². The Kier molecular flexibility index (Phi) is 8.23. The number of anilines is 3. The molecule has 0 radical (unpaired) electrons. The van der Waals surface area contributed by atoms with Crippen molar-refractivity contribution in [3.05, 3.63) is 89.7 Å². The predicted molar refractivity (Wildman–Crippen MR) is 139 cm³/mol. The van der Waals surface area contributed by atoms with E-state index in [4.69, 9.17) is 4.74 Å². The van der Waals surface area contributed by atoms with E-state index in [0.717, 1.165) is 5.69 Å². The van der Waals surface area contributed by atoms with Crippen molar-refractivity contribution in [1.29, 1.82) is 0 Å². The molecule has 0 saturated heterocycles. The minimum atomic E-state index is -4.59. The van der Waals surface area contributed by atoms with Crippen LogP contribution >= 0.6 is 0 Å². The highest BCUT2D eigenvalue weighted by Gasteiger charge is 2.29. The summed E-state index contributed by atoms with van der Waals surface area (Å²) in [6.45, 7) is -1.40. The molecule has 0 saturated carbocycles. The van der Waals surface area contributed by atoms with Crippen LogP contribution in [0, 0.1) is 5.82 Å². The molecule has 12 heteroatoms. The molecule has 0 aliphatic carbocycles. The van der Waals surface area contributed by atoms with E-state index in [9.17, 15) is 22.4 Å². The summed E-state index contributed by atoms with van der Waals surface area (Å²) in [6.07, 6.45) is -4.59. The van der Waals surface area contributed by atoms with E-state index in [-0.39, 0.29) is 24.2 Å². The van der Waals surface area contributed by atoms with Gasteiger partial charge in [0.15, 0.2) is 12.4 Å². The van der Waals surface area contributed by atoms with E-state index in [2.05, 4.69) is 25.6 Å². The Morgan fingerprint density at radius 3 is 2.18 bits per heavy atom. The molecular weight excluding hydrogens is 516 g/mol. The summed E-state index contributed by atoms with van der Waals surface area (Å²) in [7, 11) is 3.83. The Hall–Kier alpha value is -4.74. The smallest absolute Gasteiger partial charge is 0.422 e. The summed E-state index contributed by atoms with van der Waals surface area (Å²) >= 11 is 0. The van der Waals surface area contributed by atoms with E-state index in [1.807, 2.05) is 31.1 Å². The highest BCUT2D eigenvalue weighted by atomic mass is 19.4. The first-order valence-electron chi connectivity index (χ1n) is 11.7. The number of alkyl halides is 3. The number of hydrogen-bond donors (Lipinski definition) is 2. The van der Waals surface area contributed by atoms with Gasteiger partial charge in [-0.15, -0.1) is 0 Å². The van der Waals surface area contributed by atoms with E-state index in [0.29, 0.717) is 22.4 Å². The van der Waals surface area contributed by atoms with Gasteiger partial charge in [-0.05, 0) is 54.1 Å². The van der Waals surface area contributed by atoms with Crippen LogP contribution in [0.5, 0.6) is 6.01 Å². The molecule has 0 bridgehead atoms. The molecule has 0 aliphatic rings. The fraction of sp³-hybridized carbons (Fsp3) is 0.185. The lowest BCUT2D eigenvalue weighted by molar-refractivity contribution is -0.154. The SMILES string of the molecule is CN(C)c1ccc(NC(=O)c2ccc(-c3nc(NCc4ccc(F)cc4)nc(OCC(F)(F)F)n3)cc2)cc1. The van der Waals surface area contributed by atoms with Crippen LogP contribution in [0.15, 0.2) is 72.8 Å². The lowest BCUT2D eigenvalue weighted by Crippen LogP contribution is -2.20. The van der Waals surface area contributed by atoms with E-state index >= 15 is 0 Å². The van der Waals surface area contributed by atoms with E-state index < -0.39 is 24.6 Å². The first kappa shape index (κ1) is 27.3. The molecule has 4 rings (SSSR count). The van der Waals surface area contributed by atoms with Crippen molar-refractivity contribution in [3.63, 3.8) is 0 Å². The number of ether oxygens (including phenoxy) is 1. The van der Waals surface area contributed by atoms with Crippen LogP contribution < -0.4 is 20.3 Å². The number of nitrogens with one attached hydrogen (secondary N) is 2. The topological polar surface area (TPSA) is 92.3 Å². The number of benzene rings is 3. The number of nitrogens with zero attached hydrogens (tertiary/aromatic N) is 4. The fourth-order valence-electron chi connectivity index (χ4n) is 3.38. The maximum atomic E-state index is 13.2. The third-order valence-electron chi connectivity index (χ3n) is 5.39. The van der Waals surface area contributed by atoms with Gasteiger partial charge < -0.3 is 20.3 Å². The molecule has 0 spiro atoms. The summed E-state index contributed by atoms with van der Waals surface area (Å²) in [5.41, 5.74) is 3.08. The molecule has 8 nitrogen and oxygen atoms in total. The van der Waals surface area contributed by atoms with Crippen molar-refractivity contribution in [2.24, 2.45) is 0 Å². The van der Waals surface area contributed by atoms with Gasteiger partial charge in [-0.3, -0.25) is 4.79 Å². The van der Waals surface area contributed by atoms with Crippen LogP contribution in [0.1, 0.15) is 15.9 Å². The maximum Gasteiger partial charge on any atom is 0.422 e. The number of halogens is 4. The number of rotatable bonds is 9. The van der Waals surface area contributed by atoms with Crippen molar-refractivity contribution in [3.8, 4) is 17.4 Å². The molecule has 1 aromatic heterocycles. The Labute approximate surface area is 221 Å². The molecule has 0 fully saturated rings. The zero-order chi connectivity index (χ0) is 28.0. The van der Waals surface area contributed by atoms with Crippen LogP contribution in [0.3, 0.4) is 0 Å². The second kappa shape index (κ2) is 11.8. The summed E-state index contributed by atoms with van der Waals surface area (Å²) in [6, 6.07) is 18.7. The molecule has 3 aromatic carbocycles. The zero-order valence-electron chi connectivity index (χ0n) is 21.0. The minimum absolute atomic E-state index is 0.0370. The first-order chi connectivity index (χ1) is 18.6. The summed E-state index contributed by atoms with van der Waals surface area (Å²) in [5, 5.41) is 5.69. The molecule has 0 unspecified atom stereocenters. The molecule has 1 amide bonds. The fourth-order valence-corrected chi connectivity index (χ4v) is 3.38. The Morgan fingerprint density at radius 1 is 0.897 bits per heavy atom. The normalized spacial score (nSPS) is 11.1. The molecule has 2 N–H and O–H groups in total. The van der Waals surface area contributed by atoms with Gasteiger partial charge in [0.05, 0.1) is 0 Å². The summed E-state index contributed by atoms with van der Waals surface area (Å²) in [4.78, 5) is 26.8. The van der Waals surface area contributed by atoms with Gasteiger partial charge in [0, 0.05) is 43.1 Å². The monoisotopic (exact) mass is 540 g/mol. The molecule has 0 aliphatic heterocycles. The number of carbonyl (C=O) groups is 1. The van der Waals surface area contributed by atoms with E-state index in [1.54, 1.807) is 48.5 Å². The maximum absolute atomic E-state index is 13.2. The average Bonchev–Trinajstić information content (AvgIpc) is 2.91. The van der Waals surface area contributed by atoms with Gasteiger partial charge in [0.2, 0.25) is 5.95 Å². The van der Waals surface area contributed by atoms with Crippen LogP contribution in [0.25, 0.3) is 11.4 Å². The third-order valence-corrected chi connectivity index (χ3v) is 5.39. The summed E-state index contributed by atoms with van der Waals surface area (Å²) in [5.74, 6) is -0.742. The molecule has 202 valence electrons. The quantitative estimate of drug-likeness (QED) is 0.269. The molecule has 39 heavy (non-hydrogen) atoms. The van der Waals surface area contributed by atoms with Crippen molar-refractivity contribution in [2.75, 3.05) is 36.2 Å². The molecule has 1 heterocycles. The van der Waals surface area contributed by atoms with E-state index in [1.165, 1.54) is 12.1 Å². The zero-order valence-corrected chi connectivity index (χ0v) is 21.0. The number of aromatic nitrogens is 3. The van der Waals surface area contributed by atoms with Gasteiger partial charge in [-0.25, -0.2) is 4.39 Å². The third kappa shape index (κ3) is 7.87. The Bertz CT molecular complexity index is 1410. The van der Waals surface area contributed by atoms with Gasteiger partial charge in [0.1, 0.15) is 5.82 Å². The Balaban J connectivity index is 1.52. The van der Waals surface area contributed by atoms with Gasteiger partial charge in [0.25, 0.3) is 5.91 Å². The highest BCUT2D eigenvalue weighted by molar-refractivity contribution is 6.04. The second-order valence-corrected chi connectivity index (χ2v) is 8.62. The molecule has 4 aromatic rings. The standard InChI is InChI=1S/C27H24F4N6O2/c1-37(2)22-13-11-21(12-14-22)33-24(38)19-7-5-18(6-8-19)23-34-25(32-15-17-3-9-20(28)10-4-17)36-26(35-23)39-16-27(29,30)31/h3-14H,15-16H2,1-2H3,(H,33,38)(H,32,34,35,36). The van der Waals surface area contributed by atoms with Crippen molar-refractivity contribution >= 4 is 23.2 Å². The van der Waals surface area contributed by atoms with Gasteiger partial charge >= 0.3 is 12.2 Å². The number of carbonyl (C=O) groups excluding carboxylic acids is 1. The average molecular weight is 541 g/mol. The second-order valence-electron chi connectivity index (χ2n) is 8.62. The van der Waals surface area contributed by atoms with Crippen LogP contribution in [-0.4, -0.2) is 47.7 Å². The minimum Gasteiger partial charge on any atom is -0.454 e. The van der Waals surface area contributed by atoms with Crippen LogP contribution in [0.4, 0.5) is 34.9 Å². The highest BCUT2D eigenvalue weighted by Crippen LogP contribution is 2.23. The Morgan fingerprint density at radius 2 is 1.56 bits per heavy atom. The number of amides is 1.